The molecule has 1 atom stereocenters. The zero-order valence-electron chi connectivity index (χ0n) is 11.9. The highest BCUT2D eigenvalue weighted by Gasteiger charge is 2.50. The van der Waals surface area contributed by atoms with Crippen molar-refractivity contribution in [2.24, 2.45) is 11.3 Å². The third-order valence-electron chi connectivity index (χ3n) is 4.54. The molecule has 1 N–H and O–H groups in total. The molecule has 1 heterocycles. The summed E-state index contributed by atoms with van der Waals surface area (Å²) in [4.78, 5) is 8.74. The van der Waals surface area contributed by atoms with Crippen LogP contribution < -0.4 is 5.32 Å². The Morgan fingerprint density at radius 1 is 1.33 bits per heavy atom. The fraction of sp³-hybridized carbons (Fsp3) is 0.733. The van der Waals surface area contributed by atoms with E-state index in [1.54, 1.807) is 0 Å². The largest absolute Gasteiger partial charge is 0.311 e. The second kappa shape index (κ2) is 5.79. The molecule has 1 saturated carbocycles. The summed E-state index contributed by atoms with van der Waals surface area (Å²) in [5.41, 5.74) is 1.76. The summed E-state index contributed by atoms with van der Waals surface area (Å²) in [5.74, 6) is 1.82. The number of aryl methyl sites for hydroxylation is 1. The Bertz CT molecular complexity index is 385. The lowest BCUT2D eigenvalue weighted by Gasteiger charge is -2.12. The molecular formula is C15H25N3. The molecule has 18 heavy (non-hydrogen) atoms. The van der Waals surface area contributed by atoms with Crippen LogP contribution in [0.15, 0.2) is 12.3 Å². The standard InChI is InChI=1S/C15H25N3/c1-4-14-17-8-7-13(18-14)11-16-10-12-9-15(12,5-2)6-3/h7-8,12,16H,4-6,9-11H2,1-3H3. The van der Waals surface area contributed by atoms with Gasteiger partial charge in [0, 0.05) is 19.2 Å². The van der Waals surface area contributed by atoms with Crippen LogP contribution in [0.2, 0.25) is 0 Å². The molecular weight excluding hydrogens is 222 g/mol. The number of rotatable bonds is 7. The van der Waals surface area contributed by atoms with Crippen molar-refractivity contribution in [2.45, 2.75) is 53.0 Å². The van der Waals surface area contributed by atoms with Crippen LogP contribution >= 0.6 is 0 Å². The summed E-state index contributed by atoms with van der Waals surface area (Å²) < 4.78 is 0. The number of hydrogen-bond acceptors (Lipinski definition) is 3. The quantitative estimate of drug-likeness (QED) is 0.805. The minimum atomic E-state index is 0.646. The maximum atomic E-state index is 4.51. The first-order chi connectivity index (χ1) is 8.74. The van der Waals surface area contributed by atoms with E-state index < -0.39 is 0 Å². The molecule has 1 aromatic rings. The lowest BCUT2D eigenvalue weighted by Crippen LogP contribution is -2.20. The molecule has 0 aromatic carbocycles. The molecule has 1 aliphatic carbocycles. The lowest BCUT2D eigenvalue weighted by molar-refractivity contribution is 0.409. The average molecular weight is 247 g/mol. The third-order valence-corrected chi connectivity index (χ3v) is 4.54. The van der Waals surface area contributed by atoms with Gasteiger partial charge in [0.1, 0.15) is 5.82 Å². The molecule has 0 bridgehead atoms. The minimum absolute atomic E-state index is 0.646. The van der Waals surface area contributed by atoms with Gasteiger partial charge in [-0.3, -0.25) is 0 Å². The number of aromatic nitrogens is 2. The Balaban J connectivity index is 1.76. The van der Waals surface area contributed by atoms with E-state index in [0.717, 1.165) is 36.9 Å². The van der Waals surface area contributed by atoms with Crippen molar-refractivity contribution in [2.75, 3.05) is 6.54 Å². The van der Waals surface area contributed by atoms with E-state index in [1.807, 2.05) is 12.3 Å². The van der Waals surface area contributed by atoms with Crippen molar-refractivity contribution in [1.82, 2.24) is 15.3 Å². The van der Waals surface area contributed by atoms with E-state index in [9.17, 15) is 0 Å². The number of nitrogens with zero attached hydrogens (tertiary/aromatic N) is 2. The first-order valence-electron chi connectivity index (χ1n) is 7.25. The highest BCUT2D eigenvalue weighted by atomic mass is 14.9. The van der Waals surface area contributed by atoms with Crippen LogP contribution in [0.4, 0.5) is 0 Å². The van der Waals surface area contributed by atoms with E-state index in [4.69, 9.17) is 0 Å². The Labute approximate surface area is 110 Å². The van der Waals surface area contributed by atoms with Crippen molar-refractivity contribution in [3.63, 3.8) is 0 Å². The number of nitrogens with one attached hydrogen (secondary N) is 1. The maximum absolute atomic E-state index is 4.51. The molecule has 0 saturated heterocycles. The smallest absolute Gasteiger partial charge is 0.128 e. The SMILES string of the molecule is CCc1nccc(CNCC2CC2(CC)CC)n1. The molecule has 1 aromatic heterocycles. The first-order valence-corrected chi connectivity index (χ1v) is 7.25. The number of hydrogen-bond donors (Lipinski definition) is 1. The molecule has 2 rings (SSSR count). The van der Waals surface area contributed by atoms with Gasteiger partial charge in [-0.25, -0.2) is 9.97 Å². The van der Waals surface area contributed by atoms with Gasteiger partial charge in [-0.05, 0) is 30.4 Å². The van der Waals surface area contributed by atoms with Crippen LogP contribution in [-0.4, -0.2) is 16.5 Å². The van der Waals surface area contributed by atoms with Gasteiger partial charge in [-0.15, -0.1) is 0 Å². The highest BCUT2D eigenvalue weighted by Crippen LogP contribution is 2.57. The summed E-state index contributed by atoms with van der Waals surface area (Å²) in [5, 5.41) is 3.55. The molecule has 0 spiro atoms. The van der Waals surface area contributed by atoms with E-state index in [2.05, 4.69) is 36.1 Å². The zero-order valence-corrected chi connectivity index (χ0v) is 11.9. The Morgan fingerprint density at radius 3 is 2.72 bits per heavy atom. The molecule has 0 aliphatic heterocycles. The van der Waals surface area contributed by atoms with Crippen LogP contribution in [0.3, 0.4) is 0 Å². The van der Waals surface area contributed by atoms with Crippen molar-refractivity contribution < 1.29 is 0 Å². The van der Waals surface area contributed by atoms with Crippen LogP contribution in [0.5, 0.6) is 0 Å². The van der Waals surface area contributed by atoms with Gasteiger partial charge in [0.25, 0.3) is 0 Å². The van der Waals surface area contributed by atoms with Crippen LogP contribution in [0.1, 0.15) is 51.6 Å². The van der Waals surface area contributed by atoms with Crippen LogP contribution in [-0.2, 0) is 13.0 Å². The normalized spacial score (nSPS) is 20.9. The van der Waals surface area contributed by atoms with Gasteiger partial charge < -0.3 is 5.32 Å². The van der Waals surface area contributed by atoms with Gasteiger partial charge in [0.2, 0.25) is 0 Å². The van der Waals surface area contributed by atoms with Gasteiger partial charge in [-0.2, -0.15) is 0 Å². The van der Waals surface area contributed by atoms with Crippen molar-refractivity contribution in [3.05, 3.63) is 23.8 Å². The Hall–Kier alpha value is -0.960. The van der Waals surface area contributed by atoms with Crippen molar-refractivity contribution in [1.29, 1.82) is 0 Å². The summed E-state index contributed by atoms with van der Waals surface area (Å²) in [6.07, 6.45) is 6.82. The first kappa shape index (κ1) is 13.5. The van der Waals surface area contributed by atoms with Crippen LogP contribution in [0, 0.1) is 11.3 Å². The Kier molecular flexibility index (Phi) is 4.33. The van der Waals surface area contributed by atoms with Crippen molar-refractivity contribution in [3.8, 4) is 0 Å². The fourth-order valence-electron chi connectivity index (χ4n) is 2.92. The summed E-state index contributed by atoms with van der Waals surface area (Å²) >= 11 is 0. The van der Waals surface area contributed by atoms with Crippen LogP contribution in [0.25, 0.3) is 0 Å². The summed E-state index contributed by atoms with van der Waals surface area (Å²) in [6.45, 7) is 8.74. The lowest BCUT2D eigenvalue weighted by atomic mass is 9.97. The van der Waals surface area contributed by atoms with E-state index in [1.165, 1.54) is 19.3 Å². The minimum Gasteiger partial charge on any atom is -0.311 e. The molecule has 1 fully saturated rings. The topological polar surface area (TPSA) is 37.8 Å². The van der Waals surface area contributed by atoms with E-state index in [0.29, 0.717) is 5.41 Å². The molecule has 1 unspecified atom stereocenters. The van der Waals surface area contributed by atoms with Crippen molar-refractivity contribution >= 4 is 0 Å². The molecule has 0 radical (unpaired) electrons. The molecule has 1 aliphatic rings. The predicted molar refractivity (Wildman–Crippen MR) is 74.2 cm³/mol. The third kappa shape index (κ3) is 2.89. The maximum Gasteiger partial charge on any atom is 0.128 e. The molecule has 0 amide bonds. The summed E-state index contributed by atoms with van der Waals surface area (Å²) in [6, 6.07) is 2.01. The monoisotopic (exact) mass is 247 g/mol. The fourth-order valence-corrected chi connectivity index (χ4v) is 2.92. The predicted octanol–water partition coefficient (Wildman–Crippen LogP) is 2.95. The molecule has 100 valence electrons. The zero-order chi connectivity index (χ0) is 13.0. The van der Waals surface area contributed by atoms with E-state index >= 15 is 0 Å². The van der Waals surface area contributed by atoms with Gasteiger partial charge >= 0.3 is 0 Å². The molecule has 3 heteroatoms. The Morgan fingerprint density at radius 2 is 2.11 bits per heavy atom. The highest BCUT2D eigenvalue weighted by molar-refractivity contribution is 5.04. The second-order valence-electron chi connectivity index (χ2n) is 5.42. The second-order valence-corrected chi connectivity index (χ2v) is 5.42. The van der Waals surface area contributed by atoms with E-state index in [-0.39, 0.29) is 0 Å². The average Bonchev–Trinajstić information content (AvgIpc) is 3.13. The van der Waals surface area contributed by atoms with Gasteiger partial charge in [0.05, 0.1) is 5.69 Å². The summed E-state index contributed by atoms with van der Waals surface area (Å²) in [7, 11) is 0. The van der Waals surface area contributed by atoms with Gasteiger partial charge in [0.15, 0.2) is 0 Å². The van der Waals surface area contributed by atoms with Gasteiger partial charge in [-0.1, -0.05) is 33.6 Å². The molecule has 3 nitrogen and oxygen atoms in total.